The van der Waals surface area contributed by atoms with E-state index in [0.29, 0.717) is 12.1 Å². The second-order valence-corrected chi connectivity index (χ2v) is 5.07. The maximum Gasteiger partial charge on any atom is 0.320 e. The molecule has 5 nitrogen and oxygen atoms in total. The lowest BCUT2D eigenvalue weighted by atomic mass is 9.87. The molecule has 1 aliphatic heterocycles. The highest BCUT2D eigenvalue weighted by molar-refractivity contribution is 5.72. The first-order chi connectivity index (χ1) is 8.11. The zero-order chi connectivity index (χ0) is 12.4. The van der Waals surface area contributed by atoms with Crippen molar-refractivity contribution >= 4 is 5.97 Å². The van der Waals surface area contributed by atoms with Gasteiger partial charge in [0.25, 0.3) is 0 Å². The molecule has 0 aromatic rings. The van der Waals surface area contributed by atoms with Gasteiger partial charge >= 0.3 is 5.97 Å². The Morgan fingerprint density at radius 2 is 1.88 bits per heavy atom. The van der Waals surface area contributed by atoms with Crippen molar-refractivity contribution in [3.8, 4) is 0 Å². The Balaban J connectivity index is 1.73. The second-order valence-electron chi connectivity index (χ2n) is 5.07. The number of carboxylic acids is 1. The minimum absolute atomic E-state index is 0.356. The summed E-state index contributed by atoms with van der Waals surface area (Å²) in [7, 11) is 1.77. The monoisotopic (exact) mass is 242 g/mol. The van der Waals surface area contributed by atoms with Crippen LogP contribution in [0, 0.1) is 0 Å². The average Bonchev–Trinajstić information content (AvgIpc) is 2.27. The van der Waals surface area contributed by atoms with Crippen LogP contribution in [0.5, 0.6) is 0 Å². The van der Waals surface area contributed by atoms with Crippen LogP contribution in [0.2, 0.25) is 0 Å². The predicted octanol–water partition coefficient (Wildman–Crippen LogP) is 0.255. The fourth-order valence-corrected chi connectivity index (χ4v) is 2.67. The lowest BCUT2D eigenvalue weighted by molar-refractivity contribution is -0.143. The Labute approximate surface area is 102 Å². The molecule has 1 aliphatic carbocycles. The molecule has 0 spiro atoms. The molecule has 1 atom stereocenters. The average molecular weight is 242 g/mol. The number of carboxylic acid groups (broad SMARTS) is 1. The van der Waals surface area contributed by atoms with Crippen molar-refractivity contribution in [1.82, 2.24) is 9.80 Å². The number of nitrogens with zero attached hydrogens (tertiary/aromatic N) is 2. The number of ether oxygens (including phenoxy) is 1. The van der Waals surface area contributed by atoms with E-state index in [1.165, 1.54) is 0 Å². The molecule has 0 aromatic heterocycles. The first kappa shape index (κ1) is 12.8. The molecule has 17 heavy (non-hydrogen) atoms. The van der Waals surface area contributed by atoms with Gasteiger partial charge in [0.2, 0.25) is 0 Å². The van der Waals surface area contributed by atoms with Crippen molar-refractivity contribution in [2.24, 2.45) is 0 Å². The summed E-state index contributed by atoms with van der Waals surface area (Å²) in [5, 5.41) is 8.96. The molecule has 0 aromatic carbocycles. The number of piperazine rings is 1. The summed E-state index contributed by atoms with van der Waals surface area (Å²) in [5.41, 5.74) is 0. The van der Waals surface area contributed by atoms with Crippen LogP contribution in [0.1, 0.15) is 19.8 Å². The van der Waals surface area contributed by atoms with Crippen LogP contribution in [-0.4, -0.2) is 72.4 Å². The van der Waals surface area contributed by atoms with E-state index in [9.17, 15) is 4.79 Å². The van der Waals surface area contributed by atoms with Crippen molar-refractivity contribution in [1.29, 1.82) is 0 Å². The molecular weight excluding hydrogens is 220 g/mol. The lowest BCUT2D eigenvalue weighted by Crippen LogP contribution is -2.57. The van der Waals surface area contributed by atoms with Crippen LogP contribution >= 0.6 is 0 Å². The van der Waals surface area contributed by atoms with E-state index in [2.05, 4.69) is 4.90 Å². The maximum absolute atomic E-state index is 10.9. The fraction of sp³-hybridized carbons (Fsp3) is 0.917. The van der Waals surface area contributed by atoms with Crippen molar-refractivity contribution in [3.05, 3.63) is 0 Å². The summed E-state index contributed by atoms with van der Waals surface area (Å²) in [6.45, 7) is 5.46. The molecule has 98 valence electrons. The van der Waals surface area contributed by atoms with Gasteiger partial charge in [-0.2, -0.15) is 0 Å². The Morgan fingerprint density at radius 1 is 1.29 bits per heavy atom. The molecule has 1 N–H and O–H groups in total. The van der Waals surface area contributed by atoms with Crippen molar-refractivity contribution < 1.29 is 14.6 Å². The van der Waals surface area contributed by atoms with Crippen LogP contribution in [0.3, 0.4) is 0 Å². The number of rotatable bonds is 4. The molecule has 1 unspecified atom stereocenters. The van der Waals surface area contributed by atoms with Crippen LogP contribution in [0.4, 0.5) is 0 Å². The van der Waals surface area contributed by atoms with Gasteiger partial charge in [0.05, 0.1) is 6.10 Å². The van der Waals surface area contributed by atoms with Gasteiger partial charge in [-0.3, -0.25) is 14.6 Å². The molecule has 1 heterocycles. The van der Waals surface area contributed by atoms with Gasteiger partial charge in [-0.15, -0.1) is 0 Å². The summed E-state index contributed by atoms with van der Waals surface area (Å²) >= 11 is 0. The zero-order valence-electron chi connectivity index (χ0n) is 10.6. The van der Waals surface area contributed by atoms with E-state index >= 15 is 0 Å². The van der Waals surface area contributed by atoms with Gasteiger partial charge in [-0.05, 0) is 19.8 Å². The van der Waals surface area contributed by atoms with Crippen molar-refractivity contribution in [2.45, 2.75) is 38.0 Å². The Kier molecular flexibility index (Phi) is 4.01. The predicted molar refractivity (Wildman–Crippen MR) is 64.1 cm³/mol. The van der Waals surface area contributed by atoms with Crippen LogP contribution in [0.25, 0.3) is 0 Å². The minimum Gasteiger partial charge on any atom is -0.480 e. The number of methoxy groups -OCH3 is 1. The van der Waals surface area contributed by atoms with Crippen LogP contribution in [-0.2, 0) is 9.53 Å². The summed E-state index contributed by atoms with van der Waals surface area (Å²) in [6.07, 6.45) is 2.70. The summed E-state index contributed by atoms with van der Waals surface area (Å²) in [4.78, 5) is 15.4. The molecule has 1 saturated heterocycles. The minimum atomic E-state index is -0.721. The van der Waals surface area contributed by atoms with E-state index in [4.69, 9.17) is 9.84 Å². The third-order valence-corrected chi connectivity index (χ3v) is 4.17. The fourth-order valence-electron chi connectivity index (χ4n) is 2.67. The van der Waals surface area contributed by atoms with E-state index in [-0.39, 0.29) is 6.04 Å². The molecule has 0 bridgehead atoms. The first-order valence-electron chi connectivity index (χ1n) is 6.35. The molecule has 0 radical (unpaired) electrons. The van der Waals surface area contributed by atoms with Gasteiger partial charge in [-0.25, -0.2) is 0 Å². The van der Waals surface area contributed by atoms with Crippen molar-refractivity contribution in [3.63, 3.8) is 0 Å². The highest BCUT2D eigenvalue weighted by Crippen LogP contribution is 2.28. The summed E-state index contributed by atoms with van der Waals surface area (Å²) in [6, 6.07) is 0.299. The standard InChI is InChI=1S/C12H22N2O3/c1-9(12(15)16)13-3-5-14(6-4-13)10-7-11(8-10)17-2/h9-11H,3-8H2,1-2H3,(H,15,16). The number of aliphatic carboxylic acids is 1. The van der Waals surface area contributed by atoms with E-state index in [0.717, 1.165) is 39.0 Å². The molecule has 5 heteroatoms. The lowest BCUT2D eigenvalue weighted by Gasteiger charge is -2.46. The SMILES string of the molecule is COC1CC(N2CCN(C(C)C(=O)O)CC2)C1. The zero-order valence-corrected chi connectivity index (χ0v) is 10.6. The van der Waals surface area contributed by atoms with Gasteiger partial charge in [0.15, 0.2) is 0 Å². The quantitative estimate of drug-likeness (QED) is 0.766. The highest BCUT2D eigenvalue weighted by atomic mass is 16.5. The normalized spacial score (nSPS) is 33.1. The smallest absolute Gasteiger partial charge is 0.320 e. The highest BCUT2D eigenvalue weighted by Gasteiger charge is 2.36. The molecule has 2 aliphatic rings. The third-order valence-electron chi connectivity index (χ3n) is 4.17. The van der Waals surface area contributed by atoms with Crippen LogP contribution in [0.15, 0.2) is 0 Å². The maximum atomic E-state index is 10.9. The number of hydrogen-bond acceptors (Lipinski definition) is 4. The number of hydrogen-bond donors (Lipinski definition) is 1. The Hall–Kier alpha value is -0.650. The van der Waals surface area contributed by atoms with Gasteiger partial charge in [-0.1, -0.05) is 0 Å². The van der Waals surface area contributed by atoms with Gasteiger partial charge in [0.1, 0.15) is 6.04 Å². The first-order valence-corrected chi connectivity index (χ1v) is 6.35. The third kappa shape index (κ3) is 2.78. The molecule has 2 fully saturated rings. The van der Waals surface area contributed by atoms with Gasteiger partial charge < -0.3 is 9.84 Å². The van der Waals surface area contributed by atoms with E-state index in [1.54, 1.807) is 14.0 Å². The van der Waals surface area contributed by atoms with E-state index < -0.39 is 5.97 Å². The molecule has 0 amide bonds. The van der Waals surface area contributed by atoms with E-state index in [1.807, 2.05) is 4.90 Å². The topological polar surface area (TPSA) is 53.0 Å². The summed E-state index contributed by atoms with van der Waals surface area (Å²) < 4.78 is 5.28. The molecule has 1 saturated carbocycles. The summed E-state index contributed by atoms with van der Waals surface area (Å²) in [5.74, 6) is -0.721. The van der Waals surface area contributed by atoms with Gasteiger partial charge in [0, 0.05) is 39.3 Å². The molecular formula is C12H22N2O3. The largest absolute Gasteiger partial charge is 0.480 e. The molecule has 2 rings (SSSR count). The Bertz CT molecular complexity index is 271. The Morgan fingerprint density at radius 3 is 2.35 bits per heavy atom. The van der Waals surface area contributed by atoms with Crippen molar-refractivity contribution in [2.75, 3.05) is 33.3 Å². The number of carbonyl (C=O) groups is 1. The van der Waals surface area contributed by atoms with Crippen LogP contribution < -0.4 is 0 Å². The second kappa shape index (κ2) is 5.33.